The number of pyridine rings is 1. The summed E-state index contributed by atoms with van der Waals surface area (Å²) >= 11 is 0. The summed E-state index contributed by atoms with van der Waals surface area (Å²) in [7, 11) is 0. The molecule has 1 aromatic heterocycles. The Morgan fingerprint density at radius 1 is 1.25 bits per heavy atom. The Labute approximate surface area is 97.4 Å². The first kappa shape index (κ1) is 11.2. The molecule has 2 heteroatoms. The zero-order valence-electron chi connectivity index (χ0n) is 10.3. The molecule has 16 heavy (non-hydrogen) atoms. The molecule has 2 nitrogen and oxygen atoms in total. The fourth-order valence-electron chi connectivity index (χ4n) is 2.20. The molecule has 0 bridgehead atoms. The molecular formula is C14H19NO. The molecule has 2 rings (SSSR count). The summed E-state index contributed by atoms with van der Waals surface area (Å²) in [6, 6.07) is 4.08. The van der Waals surface area contributed by atoms with E-state index in [0.717, 1.165) is 30.8 Å². The van der Waals surface area contributed by atoms with Crippen LogP contribution >= 0.6 is 0 Å². The van der Waals surface area contributed by atoms with E-state index in [1.54, 1.807) is 0 Å². The first-order chi connectivity index (χ1) is 7.63. The molecule has 86 valence electrons. The fraction of sp³-hybridized carbons (Fsp3) is 0.500. The molecule has 0 aromatic carbocycles. The van der Waals surface area contributed by atoms with Crippen LogP contribution in [0, 0.1) is 13.8 Å². The third-order valence-electron chi connectivity index (χ3n) is 2.89. The Balaban J connectivity index is 2.06. The molecule has 1 aliphatic carbocycles. The minimum Gasteiger partial charge on any atom is -0.474 e. The topological polar surface area (TPSA) is 22.1 Å². The van der Waals surface area contributed by atoms with Gasteiger partial charge in [-0.15, -0.1) is 0 Å². The third-order valence-corrected chi connectivity index (χ3v) is 2.89. The van der Waals surface area contributed by atoms with Crippen molar-refractivity contribution in [2.45, 2.75) is 46.1 Å². The Bertz CT molecular complexity index is 389. The molecule has 0 spiro atoms. The Morgan fingerprint density at radius 3 is 2.75 bits per heavy atom. The molecule has 0 saturated carbocycles. The average Bonchev–Trinajstić information content (AvgIpc) is 2.15. The summed E-state index contributed by atoms with van der Waals surface area (Å²) in [6.45, 7) is 6.25. The summed E-state index contributed by atoms with van der Waals surface area (Å²) < 4.78 is 5.94. The van der Waals surface area contributed by atoms with Crippen LogP contribution in [0.15, 0.2) is 23.8 Å². The van der Waals surface area contributed by atoms with Crippen LogP contribution in [0.3, 0.4) is 0 Å². The molecule has 0 aliphatic heterocycles. The summed E-state index contributed by atoms with van der Waals surface area (Å²) in [5.74, 6) is 0.775. The average molecular weight is 217 g/mol. The number of nitrogens with zero attached hydrogens (tertiary/aromatic N) is 1. The third kappa shape index (κ3) is 2.84. The van der Waals surface area contributed by atoms with Crippen LogP contribution < -0.4 is 4.74 Å². The van der Waals surface area contributed by atoms with E-state index in [2.05, 4.69) is 31.0 Å². The predicted molar refractivity (Wildman–Crippen MR) is 65.7 cm³/mol. The number of ether oxygens (including phenoxy) is 1. The number of hydrogen-bond donors (Lipinski definition) is 0. The highest BCUT2D eigenvalue weighted by Gasteiger charge is 2.15. The van der Waals surface area contributed by atoms with Gasteiger partial charge in [0, 0.05) is 18.2 Å². The quantitative estimate of drug-likeness (QED) is 0.706. The van der Waals surface area contributed by atoms with Gasteiger partial charge >= 0.3 is 0 Å². The highest BCUT2D eigenvalue weighted by atomic mass is 16.5. The van der Waals surface area contributed by atoms with Crippen molar-refractivity contribution in [1.29, 1.82) is 0 Å². The summed E-state index contributed by atoms with van der Waals surface area (Å²) in [5, 5.41) is 0. The molecule has 0 unspecified atom stereocenters. The lowest BCUT2D eigenvalue weighted by Crippen LogP contribution is -2.20. The van der Waals surface area contributed by atoms with Crippen molar-refractivity contribution in [2.75, 3.05) is 0 Å². The molecule has 1 atom stereocenters. The van der Waals surface area contributed by atoms with E-state index < -0.39 is 0 Å². The van der Waals surface area contributed by atoms with Crippen molar-refractivity contribution >= 4 is 0 Å². The Morgan fingerprint density at radius 2 is 2.06 bits per heavy atom. The van der Waals surface area contributed by atoms with Gasteiger partial charge in [0.05, 0.1) is 0 Å². The smallest absolute Gasteiger partial charge is 0.213 e. The van der Waals surface area contributed by atoms with E-state index in [1.165, 1.54) is 11.1 Å². The van der Waals surface area contributed by atoms with E-state index in [1.807, 2.05) is 13.0 Å². The standard InChI is InChI=1S/C14H19NO/c1-10-5-4-6-13(8-10)16-14-9-11(2)7-12(3)15-14/h5,7,9,13H,4,6,8H2,1-3H3/t13-/m1/s1. The van der Waals surface area contributed by atoms with Gasteiger partial charge in [0.25, 0.3) is 0 Å². The molecule has 1 heterocycles. The molecule has 0 fully saturated rings. The highest BCUT2D eigenvalue weighted by molar-refractivity contribution is 5.23. The van der Waals surface area contributed by atoms with E-state index in [4.69, 9.17) is 4.74 Å². The van der Waals surface area contributed by atoms with E-state index in [-0.39, 0.29) is 0 Å². The summed E-state index contributed by atoms with van der Waals surface area (Å²) in [6.07, 6.45) is 5.87. The van der Waals surface area contributed by atoms with Crippen LogP contribution in [-0.2, 0) is 0 Å². The first-order valence-electron chi connectivity index (χ1n) is 5.91. The van der Waals surface area contributed by atoms with Crippen molar-refractivity contribution < 1.29 is 4.74 Å². The second-order valence-electron chi connectivity index (χ2n) is 4.70. The van der Waals surface area contributed by atoms with Crippen LogP contribution in [0.2, 0.25) is 0 Å². The van der Waals surface area contributed by atoms with Crippen molar-refractivity contribution in [2.24, 2.45) is 0 Å². The maximum Gasteiger partial charge on any atom is 0.213 e. The van der Waals surface area contributed by atoms with E-state index in [9.17, 15) is 0 Å². The molecule has 1 aliphatic rings. The monoisotopic (exact) mass is 217 g/mol. The maximum absolute atomic E-state index is 5.94. The van der Waals surface area contributed by atoms with Gasteiger partial charge in [0.2, 0.25) is 5.88 Å². The molecular weight excluding hydrogens is 198 g/mol. The van der Waals surface area contributed by atoms with Crippen LogP contribution in [0.4, 0.5) is 0 Å². The van der Waals surface area contributed by atoms with Crippen molar-refractivity contribution in [3.8, 4) is 5.88 Å². The van der Waals surface area contributed by atoms with Gasteiger partial charge < -0.3 is 4.74 Å². The lowest BCUT2D eigenvalue weighted by Gasteiger charge is -2.22. The predicted octanol–water partition coefficient (Wildman–Crippen LogP) is 3.58. The van der Waals surface area contributed by atoms with Gasteiger partial charge in [0.1, 0.15) is 6.10 Å². The van der Waals surface area contributed by atoms with E-state index >= 15 is 0 Å². The zero-order valence-corrected chi connectivity index (χ0v) is 10.3. The minimum atomic E-state index is 0.304. The number of aromatic nitrogens is 1. The van der Waals surface area contributed by atoms with Crippen molar-refractivity contribution in [3.05, 3.63) is 35.0 Å². The largest absolute Gasteiger partial charge is 0.474 e. The number of hydrogen-bond acceptors (Lipinski definition) is 2. The van der Waals surface area contributed by atoms with Crippen LogP contribution in [0.25, 0.3) is 0 Å². The van der Waals surface area contributed by atoms with Crippen molar-refractivity contribution in [3.63, 3.8) is 0 Å². The van der Waals surface area contributed by atoms with Gasteiger partial charge in [-0.2, -0.15) is 0 Å². The second-order valence-corrected chi connectivity index (χ2v) is 4.70. The number of allylic oxidation sites excluding steroid dienone is 1. The normalized spacial score (nSPS) is 20.4. The Hall–Kier alpha value is -1.31. The van der Waals surface area contributed by atoms with Gasteiger partial charge in [-0.05, 0) is 45.2 Å². The lowest BCUT2D eigenvalue weighted by atomic mass is 9.98. The first-order valence-corrected chi connectivity index (χ1v) is 5.91. The second kappa shape index (κ2) is 4.69. The fourth-order valence-corrected chi connectivity index (χ4v) is 2.20. The zero-order chi connectivity index (χ0) is 11.5. The number of aryl methyl sites for hydroxylation is 2. The maximum atomic E-state index is 5.94. The SMILES string of the molecule is CC1=CCC[C@@H](Oc2cc(C)cc(C)n2)C1. The molecule has 0 N–H and O–H groups in total. The van der Waals surface area contributed by atoms with Gasteiger partial charge in [-0.25, -0.2) is 4.98 Å². The molecule has 0 amide bonds. The van der Waals surface area contributed by atoms with Crippen molar-refractivity contribution in [1.82, 2.24) is 4.98 Å². The van der Waals surface area contributed by atoms with Crippen LogP contribution in [-0.4, -0.2) is 11.1 Å². The van der Waals surface area contributed by atoms with E-state index in [0.29, 0.717) is 6.10 Å². The minimum absolute atomic E-state index is 0.304. The summed E-state index contributed by atoms with van der Waals surface area (Å²) in [4.78, 5) is 4.41. The van der Waals surface area contributed by atoms with Gasteiger partial charge in [0.15, 0.2) is 0 Å². The molecule has 1 aromatic rings. The summed E-state index contributed by atoms with van der Waals surface area (Å²) in [5.41, 5.74) is 3.67. The molecule has 0 saturated heterocycles. The highest BCUT2D eigenvalue weighted by Crippen LogP contribution is 2.23. The van der Waals surface area contributed by atoms with Crippen LogP contribution in [0.1, 0.15) is 37.4 Å². The number of rotatable bonds is 2. The Kier molecular flexibility index (Phi) is 3.28. The van der Waals surface area contributed by atoms with Gasteiger partial charge in [-0.1, -0.05) is 11.6 Å². The molecule has 0 radical (unpaired) electrons. The van der Waals surface area contributed by atoms with Gasteiger partial charge in [-0.3, -0.25) is 0 Å². The lowest BCUT2D eigenvalue weighted by molar-refractivity contribution is 0.179. The van der Waals surface area contributed by atoms with Crippen LogP contribution in [0.5, 0.6) is 5.88 Å².